The van der Waals surface area contributed by atoms with Crippen LogP contribution in [0, 0.1) is 15.9 Å². The molecule has 1 heterocycles. The summed E-state index contributed by atoms with van der Waals surface area (Å²) in [4.78, 5) is 14.2. The summed E-state index contributed by atoms with van der Waals surface area (Å²) in [6.45, 7) is 0.334. The van der Waals surface area contributed by atoms with Crippen LogP contribution in [0.2, 0.25) is 5.02 Å². The normalized spacial score (nSPS) is 10.7. The fourth-order valence-corrected chi connectivity index (χ4v) is 2.43. The van der Waals surface area contributed by atoms with E-state index in [0.717, 1.165) is 5.56 Å². The molecule has 0 amide bonds. The molecule has 2 aromatic carbocycles. The molecule has 23 heavy (non-hydrogen) atoms. The molecule has 116 valence electrons. The van der Waals surface area contributed by atoms with Crippen LogP contribution in [0.3, 0.4) is 0 Å². The molecule has 5 nitrogen and oxygen atoms in total. The van der Waals surface area contributed by atoms with Crippen molar-refractivity contribution >= 4 is 33.9 Å². The number of rotatable bonds is 4. The minimum atomic E-state index is -0.480. The van der Waals surface area contributed by atoms with Crippen LogP contribution in [0.15, 0.2) is 48.7 Å². The molecule has 0 radical (unpaired) electrons. The second-order valence-corrected chi connectivity index (χ2v) is 5.30. The summed E-state index contributed by atoms with van der Waals surface area (Å²) in [5.74, 6) is -0.480. The van der Waals surface area contributed by atoms with Gasteiger partial charge in [-0.1, -0.05) is 23.7 Å². The zero-order valence-electron chi connectivity index (χ0n) is 11.8. The van der Waals surface area contributed by atoms with Crippen LogP contribution < -0.4 is 5.32 Å². The number of nitro groups is 1. The average Bonchev–Trinajstić information content (AvgIpc) is 2.55. The topological polar surface area (TPSA) is 68.1 Å². The third-order valence-electron chi connectivity index (χ3n) is 3.43. The van der Waals surface area contributed by atoms with Crippen molar-refractivity contribution in [2.24, 2.45) is 0 Å². The van der Waals surface area contributed by atoms with Gasteiger partial charge in [0.1, 0.15) is 5.52 Å². The average molecular weight is 332 g/mol. The number of pyridine rings is 1. The predicted octanol–water partition coefficient (Wildman–Crippen LogP) is 4.55. The molecule has 0 aliphatic heterocycles. The van der Waals surface area contributed by atoms with Crippen molar-refractivity contribution in [1.29, 1.82) is 0 Å². The molecule has 0 unspecified atom stereocenters. The molecule has 1 aromatic heterocycles. The molecule has 0 atom stereocenters. The second kappa shape index (κ2) is 6.18. The Kier molecular flexibility index (Phi) is 4.08. The fraction of sp³-hybridized carbons (Fsp3) is 0.0625. The summed E-state index contributed by atoms with van der Waals surface area (Å²) in [6.07, 6.45) is 1.45. The van der Waals surface area contributed by atoms with E-state index in [1.165, 1.54) is 18.3 Å². The summed E-state index contributed by atoms with van der Waals surface area (Å²) in [5, 5.41) is 14.6. The zero-order valence-corrected chi connectivity index (χ0v) is 12.5. The van der Waals surface area contributed by atoms with E-state index in [0.29, 0.717) is 22.6 Å². The quantitative estimate of drug-likeness (QED) is 0.562. The highest BCUT2D eigenvalue weighted by atomic mass is 35.5. The number of hydrogen-bond acceptors (Lipinski definition) is 4. The summed E-state index contributed by atoms with van der Waals surface area (Å²) >= 11 is 6.01. The Labute approximate surface area is 135 Å². The standard InChI is InChI=1S/C16H11ClFN3O2/c17-13-7-8-19-16-12(13)5-6-14(15(16)18)20-9-10-1-3-11(4-2-10)21(22)23/h1-8,20H,9H2. The number of anilines is 1. The number of non-ortho nitro benzene ring substituents is 1. The van der Waals surface area contributed by atoms with E-state index in [1.807, 2.05) is 0 Å². The van der Waals surface area contributed by atoms with Gasteiger partial charge in [-0.15, -0.1) is 0 Å². The van der Waals surface area contributed by atoms with E-state index >= 15 is 0 Å². The molecule has 7 heteroatoms. The number of nitrogens with one attached hydrogen (secondary N) is 1. The van der Waals surface area contributed by atoms with Gasteiger partial charge in [-0.3, -0.25) is 15.1 Å². The Hall–Kier alpha value is -2.73. The highest BCUT2D eigenvalue weighted by molar-refractivity contribution is 6.35. The molecule has 0 aliphatic rings. The first-order chi connectivity index (χ1) is 11.1. The number of aromatic nitrogens is 1. The maximum atomic E-state index is 14.4. The number of fused-ring (bicyclic) bond motifs is 1. The third-order valence-corrected chi connectivity index (χ3v) is 3.76. The van der Waals surface area contributed by atoms with Crippen molar-refractivity contribution in [2.45, 2.75) is 6.54 Å². The number of nitrogens with zero attached hydrogens (tertiary/aromatic N) is 2. The Morgan fingerprint density at radius 3 is 2.61 bits per heavy atom. The van der Waals surface area contributed by atoms with Gasteiger partial charge in [0.15, 0.2) is 5.82 Å². The third kappa shape index (κ3) is 3.07. The van der Waals surface area contributed by atoms with Gasteiger partial charge in [0.2, 0.25) is 0 Å². The Bertz CT molecular complexity index is 884. The van der Waals surface area contributed by atoms with Gasteiger partial charge >= 0.3 is 0 Å². The SMILES string of the molecule is O=[N+]([O-])c1ccc(CNc2ccc3c(Cl)ccnc3c2F)cc1. The first kappa shape index (κ1) is 15.2. The molecular weight excluding hydrogens is 321 g/mol. The fourth-order valence-electron chi connectivity index (χ4n) is 2.22. The van der Waals surface area contributed by atoms with E-state index in [1.54, 1.807) is 30.3 Å². The van der Waals surface area contributed by atoms with Crippen LogP contribution in [-0.2, 0) is 6.54 Å². The van der Waals surface area contributed by atoms with Gasteiger partial charge in [-0.05, 0) is 23.8 Å². The van der Waals surface area contributed by atoms with Crippen LogP contribution in [0.5, 0.6) is 0 Å². The van der Waals surface area contributed by atoms with Crippen LogP contribution in [0.4, 0.5) is 15.8 Å². The Morgan fingerprint density at radius 1 is 1.17 bits per heavy atom. The van der Waals surface area contributed by atoms with E-state index < -0.39 is 10.7 Å². The van der Waals surface area contributed by atoms with Crippen molar-refractivity contribution < 1.29 is 9.31 Å². The largest absolute Gasteiger partial charge is 0.379 e. The van der Waals surface area contributed by atoms with Gasteiger partial charge in [0.25, 0.3) is 5.69 Å². The smallest absolute Gasteiger partial charge is 0.269 e. The lowest BCUT2D eigenvalue weighted by Gasteiger charge is -2.10. The molecule has 0 saturated heterocycles. The van der Waals surface area contributed by atoms with Crippen LogP contribution >= 0.6 is 11.6 Å². The van der Waals surface area contributed by atoms with Crippen molar-refractivity contribution in [1.82, 2.24) is 4.98 Å². The molecule has 3 aromatic rings. The van der Waals surface area contributed by atoms with Gasteiger partial charge in [-0.25, -0.2) is 4.39 Å². The first-order valence-electron chi connectivity index (χ1n) is 6.76. The minimum absolute atomic E-state index is 0.0180. The molecule has 3 rings (SSSR count). The lowest BCUT2D eigenvalue weighted by atomic mass is 10.1. The van der Waals surface area contributed by atoms with Crippen molar-refractivity contribution in [3.8, 4) is 0 Å². The summed E-state index contributed by atoms with van der Waals surface area (Å²) in [6, 6.07) is 11.0. The number of halogens is 2. The summed E-state index contributed by atoms with van der Waals surface area (Å²) in [5.41, 5.74) is 1.32. The maximum absolute atomic E-state index is 14.4. The summed E-state index contributed by atoms with van der Waals surface area (Å²) in [7, 11) is 0. The first-order valence-corrected chi connectivity index (χ1v) is 7.14. The number of benzene rings is 2. The van der Waals surface area contributed by atoms with Gasteiger partial charge in [0.05, 0.1) is 15.6 Å². The summed E-state index contributed by atoms with van der Waals surface area (Å²) < 4.78 is 14.4. The minimum Gasteiger partial charge on any atom is -0.379 e. The van der Waals surface area contributed by atoms with Crippen molar-refractivity contribution in [2.75, 3.05) is 5.32 Å². The number of hydrogen-bond donors (Lipinski definition) is 1. The lowest BCUT2D eigenvalue weighted by Crippen LogP contribution is -2.02. The Morgan fingerprint density at radius 2 is 1.91 bits per heavy atom. The highest BCUT2D eigenvalue weighted by Crippen LogP contribution is 2.28. The van der Waals surface area contributed by atoms with Gasteiger partial charge in [0, 0.05) is 30.3 Å². The van der Waals surface area contributed by atoms with Crippen molar-refractivity contribution in [3.63, 3.8) is 0 Å². The van der Waals surface area contributed by atoms with E-state index in [-0.39, 0.29) is 11.2 Å². The molecule has 0 fully saturated rings. The van der Waals surface area contributed by atoms with Gasteiger partial charge < -0.3 is 5.32 Å². The van der Waals surface area contributed by atoms with E-state index in [2.05, 4.69) is 10.3 Å². The van der Waals surface area contributed by atoms with E-state index in [4.69, 9.17) is 11.6 Å². The highest BCUT2D eigenvalue weighted by Gasteiger charge is 2.10. The molecule has 0 aliphatic carbocycles. The number of nitro benzene ring substituents is 1. The molecule has 0 saturated carbocycles. The van der Waals surface area contributed by atoms with Crippen LogP contribution in [0.1, 0.15) is 5.56 Å². The molecular formula is C16H11ClFN3O2. The lowest BCUT2D eigenvalue weighted by molar-refractivity contribution is -0.384. The molecule has 0 bridgehead atoms. The van der Waals surface area contributed by atoms with Crippen LogP contribution in [-0.4, -0.2) is 9.91 Å². The predicted molar refractivity (Wildman–Crippen MR) is 87.1 cm³/mol. The molecule has 0 spiro atoms. The van der Waals surface area contributed by atoms with Gasteiger partial charge in [-0.2, -0.15) is 0 Å². The second-order valence-electron chi connectivity index (χ2n) is 4.89. The molecule has 1 N–H and O–H groups in total. The van der Waals surface area contributed by atoms with Crippen LogP contribution in [0.25, 0.3) is 10.9 Å². The zero-order chi connectivity index (χ0) is 16.4. The van der Waals surface area contributed by atoms with Crippen molar-refractivity contribution in [3.05, 3.63) is 75.2 Å². The maximum Gasteiger partial charge on any atom is 0.269 e. The monoisotopic (exact) mass is 331 g/mol. The Balaban J connectivity index is 1.82. The van der Waals surface area contributed by atoms with E-state index in [9.17, 15) is 14.5 Å².